The number of benzene rings is 1. The zero-order valence-electron chi connectivity index (χ0n) is 10.8. The minimum Gasteiger partial charge on any atom is -0.385 e. The molecule has 0 bridgehead atoms. The van der Waals surface area contributed by atoms with E-state index < -0.39 is 6.10 Å². The molecule has 1 fully saturated rings. The van der Waals surface area contributed by atoms with Crippen molar-refractivity contribution < 1.29 is 9.90 Å². The number of aryl methyl sites for hydroxylation is 1. The van der Waals surface area contributed by atoms with Crippen molar-refractivity contribution in [1.82, 2.24) is 0 Å². The van der Waals surface area contributed by atoms with Gasteiger partial charge in [-0.05, 0) is 30.7 Å². The number of rotatable bonds is 5. The maximum absolute atomic E-state index is 12.0. The third-order valence-corrected chi connectivity index (χ3v) is 3.93. The summed E-state index contributed by atoms with van der Waals surface area (Å²) >= 11 is 0. The van der Waals surface area contributed by atoms with E-state index in [4.69, 9.17) is 0 Å². The summed E-state index contributed by atoms with van der Waals surface area (Å²) in [7, 11) is 0. The predicted molar refractivity (Wildman–Crippen MR) is 72.4 cm³/mol. The number of aliphatic hydroxyl groups is 1. The fourth-order valence-corrected chi connectivity index (χ4v) is 2.77. The lowest BCUT2D eigenvalue weighted by Gasteiger charge is -2.25. The van der Waals surface area contributed by atoms with Crippen LogP contribution >= 0.6 is 0 Å². The third-order valence-electron chi connectivity index (χ3n) is 3.93. The largest absolute Gasteiger partial charge is 0.385 e. The fourth-order valence-electron chi connectivity index (χ4n) is 2.77. The van der Waals surface area contributed by atoms with Crippen LogP contribution in [0.25, 0.3) is 0 Å². The van der Waals surface area contributed by atoms with Gasteiger partial charge in [-0.15, -0.1) is 0 Å². The van der Waals surface area contributed by atoms with Crippen LogP contribution in [0.4, 0.5) is 0 Å². The highest BCUT2D eigenvalue weighted by Crippen LogP contribution is 2.27. The van der Waals surface area contributed by atoms with Crippen LogP contribution in [0.1, 0.15) is 44.1 Å². The zero-order valence-corrected chi connectivity index (χ0v) is 10.8. The minimum absolute atomic E-state index is 0.0192. The van der Waals surface area contributed by atoms with Gasteiger partial charge in [0.1, 0.15) is 6.10 Å². The molecule has 0 saturated heterocycles. The summed E-state index contributed by atoms with van der Waals surface area (Å²) in [5.41, 5.74) is 1.17. The third kappa shape index (κ3) is 3.67. The summed E-state index contributed by atoms with van der Waals surface area (Å²) in [5, 5.41) is 10.1. The minimum atomic E-state index is -0.728. The van der Waals surface area contributed by atoms with E-state index in [2.05, 4.69) is 0 Å². The van der Waals surface area contributed by atoms with Gasteiger partial charge in [0.15, 0.2) is 5.78 Å². The molecule has 18 heavy (non-hydrogen) atoms. The highest BCUT2D eigenvalue weighted by atomic mass is 16.3. The number of hydrogen-bond acceptors (Lipinski definition) is 2. The van der Waals surface area contributed by atoms with Gasteiger partial charge in [-0.3, -0.25) is 4.79 Å². The van der Waals surface area contributed by atoms with Gasteiger partial charge in [0.2, 0.25) is 0 Å². The van der Waals surface area contributed by atoms with Crippen LogP contribution in [-0.4, -0.2) is 17.0 Å². The summed E-state index contributed by atoms with van der Waals surface area (Å²) in [6, 6.07) is 10.00. The Morgan fingerprint density at radius 1 is 1.17 bits per heavy atom. The molecule has 98 valence electrons. The molecule has 0 amide bonds. The van der Waals surface area contributed by atoms with Crippen molar-refractivity contribution in [2.45, 2.75) is 51.0 Å². The normalized spacial score (nSPS) is 18.5. The lowest BCUT2D eigenvalue weighted by molar-refractivity contribution is -0.130. The molecule has 1 aliphatic carbocycles. The van der Waals surface area contributed by atoms with Gasteiger partial charge in [0, 0.05) is 6.42 Å². The highest BCUT2D eigenvalue weighted by Gasteiger charge is 2.26. The van der Waals surface area contributed by atoms with E-state index in [1.807, 2.05) is 30.3 Å². The highest BCUT2D eigenvalue weighted by molar-refractivity contribution is 5.83. The average Bonchev–Trinajstić information content (AvgIpc) is 2.46. The molecule has 1 aromatic carbocycles. The second-order valence-corrected chi connectivity index (χ2v) is 5.29. The van der Waals surface area contributed by atoms with Crippen LogP contribution in [0.15, 0.2) is 30.3 Å². The molecule has 2 heteroatoms. The van der Waals surface area contributed by atoms with E-state index in [0.29, 0.717) is 6.42 Å². The number of carbonyl (C=O) groups is 1. The average molecular weight is 246 g/mol. The number of aliphatic hydroxyl groups excluding tert-OH is 1. The summed E-state index contributed by atoms with van der Waals surface area (Å²) < 4.78 is 0. The smallest absolute Gasteiger partial charge is 0.161 e. The summed E-state index contributed by atoms with van der Waals surface area (Å²) in [4.78, 5) is 12.0. The van der Waals surface area contributed by atoms with Gasteiger partial charge >= 0.3 is 0 Å². The molecule has 1 aromatic rings. The monoisotopic (exact) mass is 246 g/mol. The predicted octanol–water partition coefficient (Wildman–Crippen LogP) is 3.13. The first-order valence-electron chi connectivity index (χ1n) is 7.02. The molecule has 2 nitrogen and oxygen atoms in total. The Bertz CT molecular complexity index is 366. The van der Waals surface area contributed by atoms with Crippen molar-refractivity contribution in [3.63, 3.8) is 0 Å². The van der Waals surface area contributed by atoms with E-state index >= 15 is 0 Å². The molecule has 0 aromatic heterocycles. The molecule has 0 spiro atoms. The Morgan fingerprint density at radius 3 is 2.50 bits per heavy atom. The number of Topliss-reactive ketones (excluding diaryl/α,β-unsaturated/α-hetero) is 1. The van der Waals surface area contributed by atoms with Crippen molar-refractivity contribution in [1.29, 1.82) is 0 Å². The van der Waals surface area contributed by atoms with Gasteiger partial charge in [0.05, 0.1) is 0 Å². The standard InChI is InChI=1S/C16H22O2/c17-15(12-11-13-7-3-1-4-8-13)16(18)14-9-5-2-6-10-14/h1,3-4,7-8,14,16,18H,2,5-6,9-12H2. The van der Waals surface area contributed by atoms with Crippen molar-refractivity contribution in [2.75, 3.05) is 0 Å². The Morgan fingerprint density at radius 2 is 1.83 bits per heavy atom. The van der Waals surface area contributed by atoms with Crippen molar-refractivity contribution >= 4 is 5.78 Å². The Hall–Kier alpha value is -1.15. The number of ketones is 1. The second kappa shape index (κ2) is 6.69. The van der Waals surface area contributed by atoms with E-state index in [1.165, 1.54) is 12.0 Å². The SMILES string of the molecule is O=C(CCc1ccccc1)C(O)C1CCCCC1. The van der Waals surface area contributed by atoms with Gasteiger partial charge in [-0.25, -0.2) is 0 Å². The molecule has 0 radical (unpaired) electrons. The lowest BCUT2D eigenvalue weighted by atomic mass is 9.83. The summed E-state index contributed by atoms with van der Waals surface area (Å²) in [5.74, 6) is 0.229. The van der Waals surface area contributed by atoms with Gasteiger partial charge in [-0.2, -0.15) is 0 Å². The van der Waals surface area contributed by atoms with Crippen molar-refractivity contribution in [3.05, 3.63) is 35.9 Å². The van der Waals surface area contributed by atoms with Crippen LogP contribution in [0.5, 0.6) is 0 Å². The second-order valence-electron chi connectivity index (χ2n) is 5.29. The first kappa shape index (κ1) is 13.3. The molecule has 1 N–H and O–H groups in total. The number of carbonyl (C=O) groups excluding carboxylic acids is 1. The van der Waals surface area contributed by atoms with Crippen molar-refractivity contribution in [2.24, 2.45) is 5.92 Å². The number of hydrogen-bond donors (Lipinski definition) is 1. The maximum atomic E-state index is 12.0. The topological polar surface area (TPSA) is 37.3 Å². The Balaban J connectivity index is 1.80. The van der Waals surface area contributed by atoms with E-state index in [-0.39, 0.29) is 11.7 Å². The molecule has 0 aliphatic heterocycles. The maximum Gasteiger partial charge on any atom is 0.161 e. The molecular weight excluding hydrogens is 224 g/mol. The Labute approximate surface area is 109 Å². The lowest BCUT2D eigenvalue weighted by Crippen LogP contribution is -2.31. The first-order valence-corrected chi connectivity index (χ1v) is 7.02. The van der Waals surface area contributed by atoms with Crippen LogP contribution in [0.3, 0.4) is 0 Å². The summed E-state index contributed by atoms with van der Waals surface area (Å²) in [6.45, 7) is 0. The van der Waals surface area contributed by atoms with Crippen molar-refractivity contribution in [3.8, 4) is 0 Å². The molecular formula is C16H22O2. The molecule has 1 aliphatic rings. The van der Waals surface area contributed by atoms with Gasteiger partial charge < -0.3 is 5.11 Å². The van der Waals surface area contributed by atoms with Crippen LogP contribution in [0.2, 0.25) is 0 Å². The van der Waals surface area contributed by atoms with E-state index in [1.54, 1.807) is 0 Å². The molecule has 1 unspecified atom stereocenters. The molecule has 2 rings (SSSR count). The van der Waals surface area contributed by atoms with E-state index in [0.717, 1.165) is 32.1 Å². The quantitative estimate of drug-likeness (QED) is 0.866. The molecule has 1 saturated carbocycles. The zero-order chi connectivity index (χ0) is 12.8. The van der Waals surface area contributed by atoms with Crippen LogP contribution in [0, 0.1) is 5.92 Å². The summed E-state index contributed by atoms with van der Waals surface area (Å²) in [6.07, 6.45) is 6.07. The first-order chi connectivity index (χ1) is 8.77. The fraction of sp³-hybridized carbons (Fsp3) is 0.562. The van der Waals surface area contributed by atoms with E-state index in [9.17, 15) is 9.90 Å². The van der Waals surface area contributed by atoms with Crippen LogP contribution in [-0.2, 0) is 11.2 Å². The van der Waals surface area contributed by atoms with Crippen LogP contribution < -0.4 is 0 Å². The molecule has 1 atom stereocenters. The van der Waals surface area contributed by atoms with Gasteiger partial charge in [0.25, 0.3) is 0 Å². The Kier molecular flexibility index (Phi) is 4.94. The van der Waals surface area contributed by atoms with Gasteiger partial charge in [-0.1, -0.05) is 49.6 Å². The molecule has 0 heterocycles.